The zero-order chi connectivity index (χ0) is 9.11. The van der Waals surface area contributed by atoms with E-state index >= 15 is 0 Å². The number of hydrogen-bond acceptors (Lipinski definition) is 2. The fourth-order valence-electron chi connectivity index (χ4n) is 0.875. The third-order valence-electron chi connectivity index (χ3n) is 1.33. The maximum Gasteiger partial charge on any atom is 0.210 e. The highest BCUT2D eigenvalue weighted by atomic mass is 16.2. The number of aliphatic hydroxyl groups excluding tert-OH is 1. The molecule has 0 unspecified atom stereocenters. The minimum Gasteiger partial charge on any atom is -0.400 e. The van der Waals surface area contributed by atoms with Crippen molar-refractivity contribution in [3.8, 4) is 0 Å². The van der Waals surface area contributed by atoms with Crippen LogP contribution < -0.4 is 0 Å². The first kappa shape index (κ1) is 4.77. The molecule has 0 saturated carbocycles. The molecule has 0 bridgehead atoms. The van der Waals surface area contributed by atoms with Gasteiger partial charge in [0.05, 0.1) is 0 Å². The van der Waals surface area contributed by atoms with Crippen LogP contribution in [-0.4, -0.2) is 38.7 Å². The minimum absolute atomic E-state index is 1.29. The highest BCUT2D eigenvalue weighted by Crippen LogP contribution is 2.01. The molecule has 0 radical (unpaired) electrons. The van der Waals surface area contributed by atoms with E-state index in [1.54, 1.807) is 0 Å². The molecule has 1 saturated heterocycles. The van der Waals surface area contributed by atoms with Crippen LogP contribution in [0.3, 0.4) is 0 Å². The van der Waals surface area contributed by atoms with Crippen LogP contribution in [0.5, 0.6) is 0 Å². The zero-order valence-corrected chi connectivity index (χ0v) is 5.68. The molecule has 1 fully saturated rings. The van der Waals surface area contributed by atoms with Crippen molar-refractivity contribution in [3.63, 3.8) is 0 Å². The van der Waals surface area contributed by atoms with Gasteiger partial charge in [0.2, 0.25) is 1.43 Å². The molecule has 0 aromatic rings. The van der Waals surface area contributed by atoms with Gasteiger partial charge in [0.1, 0.15) is 0 Å². The van der Waals surface area contributed by atoms with E-state index in [0.717, 1.165) is 0 Å². The highest BCUT2D eigenvalue weighted by Gasteiger charge is 2.03. The Labute approximate surface area is 55.7 Å². The van der Waals surface area contributed by atoms with E-state index in [2.05, 4.69) is 17.1 Å². The lowest BCUT2D eigenvalue weighted by Gasteiger charge is -2.01. The van der Waals surface area contributed by atoms with Gasteiger partial charge in [-0.25, -0.2) is 0 Å². The lowest BCUT2D eigenvalue weighted by atomic mass is 10.4. The van der Waals surface area contributed by atoms with Crippen molar-refractivity contribution in [3.05, 3.63) is 0 Å². The van der Waals surface area contributed by atoms with Crippen LogP contribution in [0.15, 0.2) is 0 Å². The number of aliphatic hydroxyl groups is 1. The second-order valence-electron chi connectivity index (χ2n) is 2.01. The van der Waals surface area contributed by atoms with Gasteiger partial charge in [-0.1, -0.05) is 0 Å². The van der Waals surface area contributed by atoms with Crippen molar-refractivity contribution in [2.75, 3.05) is 27.2 Å². The molecule has 1 aliphatic heterocycles. The Bertz CT molecular complexity index is 59.8. The van der Waals surface area contributed by atoms with E-state index in [1.807, 2.05) is 0 Å². The first-order chi connectivity index (χ1) is 5.31. The van der Waals surface area contributed by atoms with E-state index in [9.17, 15) is 0 Å². The lowest BCUT2D eigenvalue weighted by Crippen LogP contribution is -2.10. The van der Waals surface area contributed by atoms with E-state index in [1.165, 1.54) is 33.0 Å². The Kier molecular flexibility index (Phi) is 3.02. The maximum absolute atomic E-state index is 5.71. The standard InChI is InChI=1S/C5H11N.CH4O.H2/c1-6-4-2-3-5-6;1-2;/h2-5H2,1H3;2H,1H3;1H/i;2T;1+2T. The predicted octanol–water partition coefficient (Wildman–Crippen LogP) is 0.567. The van der Waals surface area contributed by atoms with Gasteiger partial charge in [0, 0.05) is 10.1 Å². The topological polar surface area (TPSA) is 23.5 Å². The molecule has 1 N–H and O–H groups in total. The minimum atomic E-state index is 1.29. The Morgan fingerprint density at radius 2 is 2.12 bits per heavy atom. The van der Waals surface area contributed by atoms with E-state index in [-0.39, 0.29) is 0 Å². The number of likely N-dealkylation sites (tertiary alicyclic amines) is 1. The van der Waals surface area contributed by atoms with Crippen molar-refractivity contribution in [2.45, 2.75) is 12.8 Å². The van der Waals surface area contributed by atoms with Crippen LogP contribution in [0, 0.1) is 0 Å². The van der Waals surface area contributed by atoms with Crippen molar-refractivity contribution in [1.82, 2.24) is 4.90 Å². The molecule has 8 heavy (non-hydrogen) atoms. The first-order valence-electron chi connectivity index (χ1n) is 4.40. The molecule has 0 aromatic carbocycles. The van der Waals surface area contributed by atoms with E-state index in [4.69, 9.17) is 4.40 Å². The maximum atomic E-state index is 5.71. The summed E-state index contributed by atoms with van der Waals surface area (Å²) in [6.07, 6.45) is 2.83. The number of hydrogen-bond donors (Lipinski definition) is 1. The summed E-state index contributed by atoms with van der Waals surface area (Å²) in [5.41, 5.74) is 0. The molecule has 0 amide bonds. The van der Waals surface area contributed by atoms with Gasteiger partial charge >= 0.3 is 0 Å². The Hall–Kier alpha value is -0.0800. The fourth-order valence-corrected chi connectivity index (χ4v) is 0.875. The van der Waals surface area contributed by atoms with Gasteiger partial charge < -0.3 is 10.0 Å². The van der Waals surface area contributed by atoms with Crippen LogP contribution in [0.25, 0.3) is 0 Å². The van der Waals surface area contributed by atoms with Crippen LogP contribution in [-0.2, 0) is 0 Å². The molecule has 1 rings (SSSR count). The van der Waals surface area contributed by atoms with Gasteiger partial charge in [0.15, 0.2) is 0 Å². The molecule has 0 aliphatic carbocycles. The van der Waals surface area contributed by atoms with Crippen molar-refractivity contribution >= 4 is 0 Å². The lowest BCUT2D eigenvalue weighted by molar-refractivity contribution is 0.399. The van der Waals surface area contributed by atoms with Crippen LogP contribution in [0.2, 0.25) is 0 Å². The Balaban J connectivity index is 0. The molecule has 2 nitrogen and oxygen atoms in total. The quantitative estimate of drug-likeness (QED) is 0.511. The summed E-state index contributed by atoms with van der Waals surface area (Å²) in [4.78, 5) is 2.36. The third-order valence-corrected chi connectivity index (χ3v) is 1.33. The molecular weight excluding hydrogens is 102 g/mol. The summed E-state index contributed by atoms with van der Waals surface area (Å²) in [6, 6.07) is 0. The molecule has 0 aromatic heterocycles. The largest absolute Gasteiger partial charge is 0.400 e. The molecule has 2 heteroatoms. The van der Waals surface area contributed by atoms with Gasteiger partial charge in [-0.3, -0.25) is 0 Å². The third kappa shape index (κ3) is 2.99. The second kappa shape index (κ2) is 5.06. The van der Waals surface area contributed by atoms with Gasteiger partial charge in [-0.15, -0.1) is 0 Å². The monoisotopic (exact) mass is 125 g/mol. The molecule has 0 atom stereocenters. The summed E-state index contributed by atoms with van der Waals surface area (Å²) >= 11 is 0. The molecule has 0 spiro atoms. The normalized spacial score (nSPS) is 22.5. The number of rotatable bonds is 0. The van der Waals surface area contributed by atoms with Gasteiger partial charge in [0.25, 0.3) is 0 Å². The van der Waals surface area contributed by atoms with Crippen LogP contribution in [0.1, 0.15) is 15.8 Å². The Morgan fingerprint density at radius 3 is 2.25 bits per heavy atom. The second-order valence-corrected chi connectivity index (χ2v) is 2.01. The van der Waals surface area contributed by atoms with Crippen molar-refractivity contribution in [1.29, 1.82) is 1.43 Å². The molecule has 1 aliphatic rings. The van der Waals surface area contributed by atoms with Crippen molar-refractivity contribution in [2.24, 2.45) is 0 Å². The average molecular weight is 125 g/mol. The fraction of sp³-hybridized carbons (Fsp3) is 1.00. The van der Waals surface area contributed by atoms with E-state index in [0.29, 0.717) is 0 Å². The van der Waals surface area contributed by atoms with Gasteiger partial charge in [-0.2, -0.15) is 0 Å². The zero-order valence-electron chi connectivity index (χ0n) is 8.68. The van der Waals surface area contributed by atoms with Crippen LogP contribution in [0.4, 0.5) is 0 Å². The predicted molar refractivity (Wildman–Crippen MR) is 37.0 cm³/mol. The summed E-state index contributed by atoms with van der Waals surface area (Å²) in [5.74, 6) is 0. The summed E-state index contributed by atoms with van der Waals surface area (Å²) < 4.78 is 15.7. The summed E-state index contributed by atoms with van der Waals surface area (Å²) in [5, 5.41) is 3.50. The number of nitrogens with zero attached hydrogens (tertiary/aromatic N) is 1. The van der Waals surface area contributed by atoms with Crippen molar-refractivity contribution < 1.29 is 8.08 Å². The smallest absolute Gasteiger partial charge is 0.210 e. The molecule has 52 valence electrons. The Morgan fingerprint density at radius 1 is 1.75 bits per heavy atom. The van der Waals surface area contributed by atoms with Crippen LogP contribution >= 0.6 is 0 Å². The molecular formula is C6H17NO. The average Bonchev–Trinajstić information content (AvgIpc) is 2.46. The molecule has 1 heterocycles. The SMILES string of the molecule is CN1CCCC1.[3H]OC.[3H][3H]. The first-order valence-corrected chi connectivity index (χ1v) is 2.99. The van der Waals surface area contributed by atoms with Gasteiger partial charge in [-0.05, 0) is 33.0 Å². The highest BCUT2D eigenvalue weighted by molar-refractivity contribution is 4.59. The summed E-state index contributed by atoms with van der Waals surface area (Å²) in [6.45, 7) is 2.64. The summed E-state index contributed by atoms with van der Waals surface area (Å²) in [7, 11) is 3.47. The van der Waals surface area contributed by atoms with E-state index < -0.39 is 0 Å².